The SMILES string of the molecule is CC(O)CCN(C)S(=O)(=O)c1ccc(C#CCO)cc1Cl. The standard InChI is InChI=1S/C14H18ClNO4S/c1-11(18)7-8-16(2)21(19,20)14-6-5-12(4-3-9-17)10-13(14)15/h5-6,10-11,17-18H,7-9H2,1-2H3. The van der Waals surface area contributed by atoms with Gasteiger partial charge in [-0.05, 0) is 31.5 Å². The smallest absolute Gasteiger partial charge is 0.244 e. The lowest BCUT2D eigenvalue weighted by atomic mass is 10.2. The van der Waals surface area contributed by atoms with E-state index >= 15 is 0 Å². The minimum Gasteiger partial charge on any atom is -0.393 e. The molecule has 2 N–H and O–H groups in total. The molecule has 1 aromatic carbocycles. The molecule has 1 unspecified atom stereocenters. The summed E-state index contributed by atoms with van der Waals surface area (Å²) in [6, 6.07) is 4.36. The first-order valence-electron chi connectivity index (χ1n) is 6.32. The lowest BCUT2D eigenvalue weighted by Gasteiger charge is -2.18. The Labute approximate surface area is 130 Å². The summed E-state index contributed by atoms with van der Waals surface area (Å²) in [7, 11) is -2.27. The summed E-state index contributed by atoms with van der Waals surface area (Å²) in [4.78, 5) is -0.00759. The molecule has 0 saturated heterocycles. The monoisotopic (exact) mass is 331 g/mol. The minimum absolute atomic E-state index is 0.00759. The number of aliphatic hydroxyl groups is 2. The molecule has 0 aromatic heterocycles. The molecule has 0 bridgehead atoms. The summed E-state index contributed by atoms with van der Waals surface area (Å²) in [5.41, 5.74) is 0.527. The van der Waals surface area contributed by atoms with Gasteiger partial charge in [-0.2, -0.15) is 0 Å². The van der Waals surface area contributed by atoms with Gasteiger partial charge in [-0.3, -0.25) is 0 Å². The van der Waals surface area contributed by atoms with E-state index in [4.69, 9.17) is 16.7 Å². The van der Waals surface area contributed by atoms with Gasteiger partial charge in [0, 0.05) is 19.2 Å². The van der Waals surface area contributed by atoms with Crippen molar-refractivity contribution in [3.05, 3.63) is 28.8 Å². The maximum absolute atomic E-state index is 12.4. The van der Waals surface area contributed by atoms with E-state index in [1.54, 1.807) is 6.92 Å². The van der Waals surface area contributed by atoms with Crippen LogP contribution in [-0.2, 0) is 10.0 Å². The van der Waals surface area contributed by atoms with Crippen molar-refractivity contribution in [3.8, 4) is 11.8 Å². The third-order valence-electron chi connectivity index (χ3n) is 2.79. The van der Waals surface area contributed by atoms with Gasteiger partial charge >= 0.3 is 0 Å². The molecule has 0 heterocycles. The predicted octanol–water partition coefficient (Wildman–Crippen LogP) is 1.08. The maximum Gasteiger partial charge on any atom is 0.244 e. The predicted molar refractivity (Wildman–Crippen MR) is 81.5 cm³/mol. The second-order valence-corrected chi connectivity index (χ2v) is 6.99. The Morgan fingerprint density at radius 3 is 2.62 bits per heavy atom. The van der Waals surface area contributed by atoms with Crippen LogP contribution in [0.15, 0.2) is 23.1 Å². The fourth-order valence-electron chi connectivity index (χ4n) is 1.59. The van der Waals surface area contributed by atoms with Crippen LogP contribution in [0.4, 0.5) is 0 Å². The molecule has 0 saturated carbocycles. The van der Waals surface area contributed by atoms with Crippen LogP contribution < -0.4 is 0 Å². The average Bonchev–Trinajstić information content (AvgIpc) is 2.42. The van der Waals surface area contributed by atoms with E-state index in [9.17, 15) is 13.5 Å². The van der Waals surface area contributed by atoms with Crippen molar-refractivity contribution in [2.75, 3.05) is 20.2 Å². The number of rotatable bonds is 5. The molecule has 0 spiro atoms. The van der Waals surface area contributed by atoms with Crippen LogP contribution in [0.25, 0.3) is 0 Å². The van der Waals surface area contributed by atoms with Crippen LogP contribution in [0.5, 0.6) is 0 Å². The highest BCUT2D eigenvalue weighted by Crippen LogP contribution is 2.25. The van der Waals surface area contributed by atoms with Crippen molar-refractivity contribution in [1.82, 2.24) is 4.31 Å². The van der Waals surface area contributed by atoms with Gasteiger partial charge in [0.25, 0.3) is 0 Å². The van der Waals surface area contributed by atoms with Crippen molar-refractivity contribution in [2.45, 2.75) is 24.3 Å². The van der Waals surface area contributed by atoms with Crippen molar-refractivity contribution in [3.63, 3.8) is 0 Å². The molecule has 0 aliphatic heterocycles. The highest BCUT2D eigenvalue weighted by Gasteiger charge is 2.23. The molecule has 21 heavy (non-hydrogen) atoms. The largest absolute Gasteiger partial charge is 0.393 e. The fourth-order valence-corrected chi connectivity index (χ4v) is 3.29. The summed E-state index contributed by atoms with van der Waals surface area (Å²) in [6.07, 6.45) is -0.234. The molecule has 1 aromatic rings. The Morgan fingerprint density at radius 2 is 2.10 bits per heavy atom. The molecular formula is C14H18ClNO4S. The van der Waals surface area contributed by atoms with Gasteiger partial charge in [-0.1, -0.05) is 23.4 Å². The third kappa shape index (κ3) is 4.99. The Bertz CT molecular complexity index is 647. The van der Waals surface area contributed by atoms with Crippen LogP contribution in [0.1, 0.15) is 18.9 Å². The van der Waals surface area contributed by atoms with E-state index in [-0.39, 0.29) is 23.1 Å². The van der Waals surface area contributed by atoms with Gasteiger partial charge in [-0.25, -0.2) is 12.7 Å². The minimum atomic E-state index is -3.71. The topological polar surface area (TPSA) is 77.8 Å². The molecule has 0 aliphatic carbocycles. The lowest BCUT2D eigenvalue weighted by Crippen LogP contribution is -2.29. The lowest BCUT2D eigenvalue weighted by molar-refractivity contribution is 0.177. The molecular weight excluding hydrogens is 314 g/mol. The highest BCUT2D eigenvalue weighted by molar-refractivity contribution is 7.89. The molecule has 0 amide bonds. The Hall–Kier alpha value is -1.10. The zero-order valence-electron chi connectivity index (χ0n) is 11.9. The normalized spacial score (nSPS) is 12.9. The summed E-state index contributed by atoms with van der Waals surface area (Å²) in [5, 5.41) is 17.9. The number of hydrogen-bond donors (Lipinski definition) is 2. The molecule has 5 nitrogen and oxygen atoms in total. The van der Waals surface area contributed by atoms with Crippen LogP contribution >= 0.6 is 11.6 Å². The van der Waals surface area contributed by atoms with Crippen molar-refractivity contribution < 1.29 is 18.6 Å². The number of sulfonamides is 1. The average molecular weight is 332 g/mol. The molecule has 1 atom stereocenters. The van der Waals surface area contributed by atoms with Gasteiger partial charge in [0.15, 0.2) is 0 Å². The van der Waals surface area contributed by atoms with Crippen LogP contribution in [0.3, 0.4) is 0 Å². The molecule has 0 aliphatic rings. The quantitative estimate of drug-likeness (QED) is 0.791. The second kappa shape index (κ2) is 7.78. The Kier molecular flexibility index (Phi) is 6.65. The number of nitrogens with zero attached hydrogens (tertiary/aromatic N) is 1. The van der Waals surface area contributed by atoms with Crippen molar-refractivity contribution in [2.24, 2.45) is 0 Å². The van der Waals surface area contributed by atoms with Crippen LogP contribution in [-0.4, -0.2) is 49.2 Å². The van der Waals surface area contributed by atoms with Crippen LogP contribution in [0.2, 0.25) is 5.02 Å². The molecule has 1 rings (SSSR count). The van der Waals surface area contributed by atoms with Crippen molar-refractivity contribution >= 4 is 21.6 Å². The van der Waals surface area contributed by atoms with E-state index < -0.39 is 16.1 Å². The Balaban J connectivity index is 3.03. The van der Waals surface area contributed by atoms with Gasteiger partial charge in [0.1, 0.15) is 11.5 Å². The summed E-state index contributed by atoms with van der Waals surface area (Å²) in [6.45, 7) is 1.52. The number of aliphatic hydroxyl groups excluding tert-OH is 2. The Morgan fingerprint density at radius 1 is 1.43 bits per heavy atom. The van der Waals surface area contributed by atoms with E-state index in [1.165, 1.54) is 25.2 Å². The van der Waals surface area contributed by atoms with E-state index in [0.29, 0.717) is 12.0 Å². The van der Waals surface area contributed by atoms with Gasteiger partial charge in [0.2, 0.25) is 10.0 Å². The third-order valence-corrected chi connectivity index (χ3v) is 5.13. The number of benzene rings is 1. The fraction of sp³-hybridized carbons (Fsp3) is 0.429. The zero-order chi connectivity index (χ0) is 16.0. The first-order valence-corrected chi connectivity index (χ1v) is 8.14. The van der Waals surface area contributed by atoms with Crippen LogP contribution in [0, 0.1) is 11.8 Å². The molecule has 116 valence electrons. The molecule has 0 radical (unpaired) electrons. The summed E-state index contributed by atoms with van der Waals surface area (Å²) < 4.78 is 25.9. The highest BCUT2D eigenvalue weighted by atomic mass is 35.5. The van der Waals surface area contributed by atoms with Gasteiger partial charge in [0.05, 0.1) is 11.1 Å². The van der Waals surface area contributed by atoms with E-state index in [1.807, 2.05) is 0 Å². The second-order valence-electron chi connectivity index (χ2n) is 4.57. The summed E-state index contributed by atoms with van der Waals surface area (Å²) >= 11 is 6.01. The number of hydrogen-bond acceptors (Lipinski definition) is 4. The van der Waals surface area contributed by atoms with Crippen molar-refractivity contribution in [1.29, 1.82) is 0 Å². The van der Waals surface area contributed by atoms with Gasteiger partial charge in [-0.15, -0.1) is 0 Å². The summed E-state index contributed by atoms with van der Waals surface area (Å²) in [5.74, 6) is 5.12. The maximum atomic E-state index is 12.4. The first-order chi connectivity index (χ1) is 9.78. The number of halogens is 1. The first kappa shape index (κ1) is 18.0. The van der Waals surface area contributed by atoms with Gasteiger partial charge < -0.3 is 10.2 Å². The zero-order valence-corrected chi connectivity index (χ0v) is 13.4. The van der Waals surface area contributed by atoms with E-state index in [0.717, 1.165) is 4.31 Å². The van der Waals surface area contributed by atoms with E-state index in [2.05, 4.69) is 11.8 Å². The molecule has 0 fully saturated rings. The molecule has 7 heteroatoms.